The monoisotopic (exact) mass is 389 g/mol. The fraction of sp³-hybridized carbons (Fsp3) is 0.176. The standard InChI is InChI=1S/C17H16ClN5O2S/c1-11(16(24)19-13-5-9-15(25-2)10-6-13)26-17-20-21-22-23(17)14-7-3-12(18)4-8-14/h3-11H,1-2H3,(H,19,24)/t11-/m0/s1. The van der Waals surface area contributed by atoms with Crippen molar-refractivity contribution in [2.45, 2.75) is 17.3 Å². The van der Waals surface area contributed by atoms with E-state index in [0.717, 1.165) is 11.4 Å². The largest absolute Gasteiger partial charge is 0.497 e. The van der Waals surface area contributed by atoms with E-state index in [2.05, 4.69) is 20.8 Å². The van der Waals surface area contributed by atoms with Crippen LogP contribution in [0.3, 0.4) is 0 Å². The second kappa shape index (κ2) is 8.20. The van der Waals surface area contributed by atoms with Crippen LogP contribution in [-0.2, 0) is 4.79 Å². The van der Waals surface area contributed by atoms with Crippen LogP contribution in [0.15, 0.2) is 53.7 Å². The number of methoxy groups -OCH3 is 1. The Morgan fingerprint density at radius 2 is 1.88 bits per heavy atom. The topological polar surface area (TPSA) is 81.9 Å². The Labute approximate surface area is 159 Å². The summed E-state index contributed by atoms with van der Waals surface area (Å²) in [6, 6.07) is 14.3. The van der Waals surface area contributed by atoms with Crippen LogP contribution < -0.4 is 10.1 Å². The molecule has 3 aromatic rings. The van der Waals surface area contributed by atoms with Crippen molar-refractivity contribution in [1.82, 2.24) is 20.2 Å². The van der Waals surface area contributed by atoms with Gasteiger partial charge in [-0.1, -0.05) is 23.4 Å². The summed E-state index contributed by atoms with van der Waals surface area (Å²) in [5.74, 6) is 0.582. The number of rotatable bonds is 6. The number of thioether (sulfide) groups is 1. The van der Waals surface area contributed by atoms with Crippen molar-refractivity contribution in [3.8, 4) is 11.4 Å². The molecule has 0 radical (unpaired) electrons. The molecule has 134 valence electrons. The summed E-state index contributed by atoms with van der Waals surface area (Å²) in [7, 11) is 1.59. The zero-order valence-corrected chi connectivity index (χ0v) is 15.7. The predicted molar refractivity (Wildman–Crippen MR) is 101 cm³/mol. The molecule has 1 aromatic heterocycles. The van der Waals surface area contributed by atoms with Crippen LogP contribution in [0.5, 0.6) is 5.75 Å². The van der Waals surface area contributed by atoms with Gasteiger partial charge in [-0.2, -0.15) is 4.68 Å². The second-order valence-electron chi connectivity index (χ2n) is 5.33. The molecule has 1 N–H and O–H groups in total. The van der Waals surface area contributed by atoms with Gasteiger partial charge in [0.15, 0.2) is 0 Å². The SMILES string of the molecule is COc1ccc(NC(=O)[C@H](C)Sc2nnnn2-c2ccc(Cl)cc2)cc1. The van der Waals surface area contributed by atoms with Gasteiger partial charge in [0.25, 0.3) is 0 Å². The van der Waals surface area contributed by atoms with Crippen LogP contribution >= 0.6 is 23.4 Å². The molecular formula is C17H16ClN5O2S. The fourth-order valence-electron chi connectivity index (χ4n) is 2.13. The van der Waals surface area contributed by atoms with E-state index in [4.69, 9.17) is 16.3 Å². The summed E-state index contributed by atoms with van der Waals surface area (Å²) in [5.41, 5.74) is 1.46. The Morgan fingerprint density at radius 1 is 1.19 bits per heavy atom. The number of hydrogen-bond acceptors (Lipinski definition) is 6. The molecule has 0 saturated heterocycles. The van der Waals surface area contributed by atoms with Crippen molar-refractivity contribution >= 4 is 35.0 Å². The quantitative estimate of drug-likeness (QED) is 0.650. The zero-order chi connectivity index (χ0) is 18.5. The maximum absolute atomic E-state index is 12.4. The molecule has 26 heavy (non-hydrogen) atoms. The van der Waals surface area contributed by atoms with E-state index < -0.39 is 5.25 Å². The molecule has 0 bridgehead atoms. The summed E-state index contributed by atoms with van der Waals surface area (Å²) < 4.78 is 6.67. The number of ether oxygens (including phenoxy) is 1. The van der Waals surface area contributed by atoms with Crippen molar-refractivity contribution < 1.29 is 9.53 Å². The number of amides is 1. The Balaban J connectivity index is 1.67. The highest BCUT2D eigenvalue weighted by atomic mass is 35.5. The fourth-order valence-corrected chi connectivity index (χ4v) is 3.06. The molecule has 3 rings (SSSR count). The number of aromatic nitrogens is 4. The average molecular weight is 390 g/mol. The van der Waals surface area contributed by atoms with Gasteiger partial charge in [-0.05, 0) is 65.9 Å². The minimum atomic E-state index is -0.394. The first-order chi connectivity index (χ1) is 12.6. The van der Waals surface area contributed by atoms with Crippen molar-refractivity contribution in [1.29, 1.82) is 0 Å². The molecule has 0 spiro atoms. The van der Waals surface area contributed by atoms with Crippen LogP contribution in [0.4, 0.5) is 5.69 Å². The Morgan fingerprint density at radius 3 is 2.54 bits per heavy atom. The third-order valence-corrected chi connectivity index (χ3v) is 4.81. The summed E-state index contributed by atoms with van der Waals surface area (Å²) in [4.78, 5) is 12.4. The van der Waals surface area contributed by atoms with Gasteiger partial charge in [-0.25, -0.2) is 0 Å². The molecule has 7 nitrogen and oxygen atoms in total. The molecule has 2 aromatic carbocycles. The number of anilines is 1. The molecule has 1 atom stereocenters. The highest BCUT2D eigenvalue weighted by Crippen LogP contribution is 2.25. The third kappa shape index (κ3) is 4.33. The van der Waals surface area contributed by atoms with Gasteiger partial charge in [0.05, 0.1) is 18.0 Å². The van der Waals surface area contributed by atoms with Gasteiger partial charge >= 0.3 is 0 Å². The van der Waals surface area contributed by atoms with E-state index >= 15 is 0 Å². The number of benzene rings is 2. The third-order valence-electron chi connectivity index (χ3n) is 3.52. The molecule has 0 unspecified atom stereocenters. The number of tetrazole rings is 1. The minimum absolute atomic E-state index is 0.147. The van der Waals surface area contributed by atoms with E-state index in [1.165, 1.54) is 11.8 Å². The Kier molecular flexibility index (Phi) is 5.75. The van der Waals surface area contributed by atoms with Crippen LogP contribution in [-0.4, -0.2) is 38.5 Å². The van der Waals surface area contributed by atoms with E-state index in [-0.39, 0.29) is 5.91 Å². The number of nitrogens with one attached hydrogen (secondary N) is 1. The number of carbonyl (C=O) groups excluding carboxylic acids is 1. The van der Waals surface area contributed by atoms with Gasteiger partial charge < -0.3 is 10.1 Å². The normalized spacial score (nSPS) is 11.8. The molecule has 0 fully saturated rings. The van der Waals surface area contributed by atoms with E-state index in [0.29, 0.717) is 15.9 Å². The number of hydrogen-bond donors (Lipinski definition) is 1. The van der Waals surface area contributed by atoms with Gasteiger partial charge in [-0.15, -0.1) is 5.10 Å². The van der Waals surface area contributed by atoms with Crippen LogP contribution in [0.2, 0.25) is 5.02 Å². The number of halogens is 1. The van der Waals surface area contributed by atoms with Crippen molar-refractivity contribution in [2.24, 2.45) is 0 Å². The lowest BCUT2D eigenvalue weighted by atomic mass is 10.3. The highest BCUT2D eigenvalue weighted by Gasteiger charge is 2.19. The molecule has 9 heteroatoms. The lowest BCUT2D eigenvalue weighted by Crippen LogP contribution is -2.22. The lowest BCUT2D eigenvalue weighted by Gasteiger charge is -2.12. The van der Waals surface area contributed by atoms with Crippen LogP contribution in [0, 0.1) is 0 Å². The minimum Gasteiger partial charge on any atom is -0.497 e. The first-order valence-corrected chi connectivity index (χ1v) is 8.98. The maximum atomic E-state index is 12.4. The molecule has 0 aliphatic carbocycles. The van der Waals surface area contributed by atoms with E-state index in [1.807, 2.05) is 12.1 Å². The maximum Gasteiger partial charge on any atom is 0.237 e. The Bertz CT molecular complexity index is 883. The molecule has 0 aliphatic rings. The summed E-state index contributed by atoms with van der Waals surface area (Å²) >= 11 is 7.18. The molecule has 0 aliphatic heterocycles. The smallest absolute Gasteiger partial charge is 0.237 e. The van der Waals surface area contributed by atoms with Gasteiger partial charge in [0.2, 0.25) is 11.1 Å². The van der Waals surface area contributed by atoms with E-state index in [1.54, 1.807) is 55.1 Å². The molecular weight excluding hydrogens is 374 g/mol. The van der Waals surface area contributed by atoms with E-state index in [9.17, 15) is 4.79 Å². The van der Waals surface area contributed by atoms with Crippen molar-refractivity contribution in [2.75, 3.05) is 12.4 Å². The average Bonchev–Trinajstić information content (AvgIpc) is 3.11. The summed E-state index contributed by atoms with van der Waals surface area (Å²) in [6.45, 7) is 1.80. The number of carbonyl (C=O) groups is 1. The zero-order valence-electron chi connectivity index (χ0n) is 14.1. The Hall–Kier alpha value is -2.58. The first kappa shape index (κ1) is 18.2. The summed E-state index contributed by atoms with van der Waals surface area (Å²) in [5, 5.41) is 15.3. The van der Waals surface area contributed by atoms with Gasteiger partial charge in [-0.3, -0.25) is 4.79 Å². The number of nitrogens with zero attached hydrogens (tertiary/aromatic N) is 4. The first-order valence-electron chi connectivity index (χ1n) is 7.72. The lowest BCUT2D eigenvalue weighted by molar-refractivity contribution is -0.115. The highest BCUT2D eigenvalue weighted by molar-refractivity contribution is 8.00. The predicted octanol–water partition coefficient (Wildman–Crippen LogP) is 3.44. The van der Waals surface area contributed by atoms with Crippen LogP contribution in [0.1, 0.15) is 6.92 Å². The van der Waals surface area contributed by atoms with Gasteiger partial charge in [0.1, 0.15) is 5.75 Å². The summed E-state index contributed by atoms with van der Waals surface area (Å²) in [6.07, 6.45) is 0. The second-order valence-corrected chi connectivity index (χ2v) is 7.07. The van der Waals surface area contributed by atoms with Crippen LogP contribution in [0.25, 0.3) is 5.69 Å². The van der Waals surface area contributed by atoms with Gasteiger partial charge in [0, 0.05) is 10.7 Å². The molecule has 1 amide bonds. The molecule has 1 heterocycles. The van der Waals surface area contributed by atoms with Crippen molar-refractivity contribution in [3.05, 3.63) is 53.6 Å². The molecule has 0 saturated carbocycles. The van der Waals surface area contributed by atoms with Crippen molar-refractivity contribution in [3.63, 3.8) is 0 Å².